The molecule has 1 N–H and O–H groups in total. The molecule has 6 heteroatoms. The van der Waals surface area contributed by atoms with Crippen LogP contribution in [0.1, 0.15) is 40.0 Å². The zero-order chi connectivity index (χ0) is 13.8. The van der Waals surface area contributed by atoms with Gasteiger partial charge in [0.05, 0.1) is 5.56 Å². The molecule has 0 spiro atoms. The van der Waals surface area contributed by atoms with Gasteiger partial charge in [0, 0.05) is 18.4 Å². The van der Waals surface area contributed by atoms with Crippen LogP contribution in [-0.4, -0.2) is 23.0 Å². The summed E-state index contributed by atoms with van der Waals surface area (Å²) in [4.78, 5) is 22.1. The number of carbonyl (C=O) groups excluding carboxylic acids is 1. The lowest BCUT2D eigenvalue weighted by atomic mass is 10.0. The predicted molar refractivity (Wildman–Crippen MR) is 57.6 cm³/mol. The molecule has 0 aliphatic carbocycles. The standard InChI is InChI=1S/C12H11F3O3/c13-12(14,15)7-1-2-10(16)8-3-5-9(6-4-8)11(17)18/h3-6H,1-2,7H2,(H,17,18). The van der Waals surface area contributed by atoms with Gasteiger partial charge in [0.1, 0.15) is 0 Å². The fourth-order valence-electron chi connectivity index (χ4n) is 1.39. The van der Waals surface area contributed by atoms with Crippen molar-refractivity contribution < 1.29 is 27.9 Å². The van der Waals surface area contributed by atoms with E-state index >= 15 is 0 Å². The van der Waals surface area contributed by atoms with Crippen molar-refractivity contribution in [1.29, 1.82) is 0 Å². The molecule has 0 amide bonds. The lowest BCUT2D eigenvalue weighted by molar-refractivity contribution is -0.135. The summed E-state index contributed by atoms with van der Waals surface area (Å²) in [5.74, 6) is -1.54. The fourth-order valence-corrected chi connectivity index (χ4v) is 1.39. The SMILES string of the molecule is O=C(O)c1ccc(C(=O)CCCC(F)(F)F)cc1. The Morgan fingerprint density at radius 2 is 1.56 bits per heavy atom. The topological polar surface area (TPSA) is 54.4 Å². The summed E-state index contributed by atoms with van der Waals surface area (Å²) in [6, 6.07) is 5.11. The number of halogens is 3. The van der Waals surface area contributed by atoms with Gasteiger partial charge in [0.25, 0.3) is 0 Å². The molecule has 0 heterocycles. The molecule has 0 saturated carbocycles. The van der Waals surface area contributed by atoms with Crippen molar-refractivity contribution in [3.05, 3.63) is 35.4 Å². The Morgan fingerprint density at radius 1 is 1.06 bits per heavy atom. The summed E-state index contributed by atoms with van der Waals surface area (Å²) in [7, 11) is 0. The number of carbonyl (C=O) groups is 2. The van der Waals surface area contributed by atoms with Crippen LogP contribution in [0.2, 0.25) is 0 Å². The Bertz CT molecular complexity index is 435. The molecule has 0 aromatic heterocycles. The number of carboxylic acids is 1. The van der Waals surface area contributed by atoms with E-state index < -0.39 is 24.3 Å². The Hall–Kier alpha value is -1.85. The molecule has 0 unspecified atom stereocenters. The van der Waals surface area contributed by atoms with Gasteiger partial charge in [-0.3, -0.25) is 4.79 Å². The first-order valence-corrected chi connectivity index (χ1v) is 5.23. The smallest absolute Gasteiger partial charge is 0.389 e. The van der Waals surface area contributed by atoms with Gasteiger partial charge in [0.2, 0.25) is 0 Å². The van der Waals surface area contributed by atoms with Crippen LogP contribution >= 0.6 is 0 Å². The molecule has 0 fully saturated rings. The van der Waals surface area contributed by atoms with Crippen molar-refractivity contribution in [2.24, 2.45) is 0 Å². The number of aromatic carboxylic acids is 1. The molecule has 18 heavy (non-hydrogen) atoms. The Balaban J connectivity index is 2.54. The van der Waals surface area contributed by atoms with Gasteiger partial charge >= 0.3 is 12.1 Å². The Labute approximate surface area is 101 Å². The van der Waals surface area contributed by atoms with Crippen LogP contribution in [0.25, 0.3) is 0 Å². The number of Topliss-reactive ketones (excluding diaryl/α,β-unsaturated/α-hetero) is 1. The van der Waals surface area contributed by atoms with Crippen molar-refractivity contribution in [2.45, 2.75) is 25.4 Å². The summed E-state index contributed by atoms with van der Waals surface area (Å²) < 4.78 is 35.6. The number of benzene rings is 1. The van der Waals surface area contributed by atoms with Crippen LogP contribution in [0.4, 0.5) is 13.2 Å². The maximum Gasteiger partial charge on any atom is 0.389 e. The van der Waals surface area contributed by atoms with E-state index in [2.05, 4.69) is 0 Å². The molecule has 0 aliphatic rings. The molecule has 1 rings (SSSR count). The highest BCUT2D eigenvalue weighted by atomic mass is 19.4. The minimum atomic E-state index is -4.26. The van der Waals surface area contributed by atoms with E-state index in [1.807, 2.05) is 0 Å². The molecule has 0 saturated heterocycles. The Morgan fingerprint density at radius 3 is 2.00 bits per heavy atom. The van der Waals surface area contributed by atoms with Crippen molar-refractivity contribution >= 4 is 11.8 Å². The normalized spacial score (nSPS) is 11.3. The minimum Gasteiger partial charge on any atom is -0.478 e. The van der Waals surface area contributed by atoms with E-state index in [1.54, 1.807) is 0 Å². The first kappa shape index (κ1) is 14.2. The average molecular weight is 260 g/mol. The van der Waals surface area contributed by atoms with Crippen LogP contribution in [0.15, 0.2) is 24.3 Å². The quantitative estimate of drug-likeness (QED) is 0.826. The van der Waals surface area contributed by atoms with Crippen molar-refractivity contribution in [3.8, 4) is 0 Å². The van der Waals surface area contributed by atoms with E-state index in [9.17, 15) is 22.8 Å². The van der Waals surface area contributed by atoms with E-state index in [0.717, 1.165) is 0 Å². The molecule has 0 atom stereocenters. The summed E-state index contributed by atoms with van der Waals surface area (Å²) in [5, 5.41) is 8.64. The molecule has 98 valence electrons. The zero-order valence-electron chi connectivity index (χ0n) is 9.33. The molecule has 1 aromatic carbocycles. The maximum absolute atomic E-state index is 11.9. The van der Waals surface area contributed by atoms with Crippen molar-refractivity contribution in [3.63, 3.8) is 0 Å². The van der Waals surface area contributed by atoms with Crippen LogP contribution in [0.3, 0.4) is 0 Å². The number of rotatable bonds is 5. The molecule has 0 bridgehead atoms. The van der Waals surface area contributed by atoms with Crippen LogP contribution in [0.5, 0.6) is 0 Å². The van der Waals surface area contributed by atoms with E-state index in [-0.39, 0.29) is 24.0 Å². The van der Waals surface area contributed by atoms with Crippen LogP contribution < -0.4 is 0 Å². The zero-order valence-corrected chi connectivity index (χ0v) is 9.33. The third-order valence-corrected chi connectivity index (χ3v) is 2.32. The lowest BCUT2D eigenvalue weighted by Crippen LogP contribution is -2.08. The maximum atomic E-state index is 11.9. The second-order valence-electron chi connectivity index (χ2n) is 3.77. The second-order valence-corrected chi connectivity index (χ2v) is 3.77. The van der Waals surface area contributed by atoms with Crippen LogP contribution in [-0.2, 0) is 0 Å². The molecular formula is C12H11F3O3. The molecular weight excluding hydrogens is 249 g/mol. The summed E-state index contributed by atoms with van der Waals surface area (Å²) in [5.41, 5.74) is 0.254. The fraction of sp³-hybridized carbons (Fsp3) is 0.333. The third kappa shape index (κ3) is 4.57. The number of hydrogen-bond acceptors (Lipinski definition) is 2. The van der Waals surface area contributed by atoms with Gasteiger partial charge in [-0.2, -0.15) is 13.2 Å². The number of ketones is 1. The van der Waals surface area contributed by atoms with Gasteiger partial charge in [-0.1, -0.05) is 12.1 Å². The monoisotopic (exact) mass is 260 g/mol. The first-order chi connectivity index (χ1) is 8.29. The third-order valence-electron chi connectivity index (χ3n) is 2.32. The van der Waals surface area contributed by atoms with Crippen molar-refractivity contribution in [1.82, 2.24) is 0 Å². The number of hydrogen-bond donors (Lipinski definition) is 1. The first-order valence-electron chi connectivity index (χ1n) is 5.23. The second kappa shape index (κ2) is 5.66. The van der Waals surface area contributed by atoms with Gasteiger partial charge in [0.15, 0.2) is 5.78 Å². The molecule has 0 aliphatic heterocycles. The molecule has 0 radical (unpaired) electrons. The minimum absolute atomic E-state index is 0.0295. The predicted octanol–water partition coefficient (Wildman–Crippen LogP) is 3.30. The Kier molecular flexibility index (Phi) is 4.47. The summed E-state index contributed by atoms with van der Waals surface area (Å²) >= 11 is 0. The summed E-state index contributed by atoms with van der Waals surface area (Å²) in [6.45, 7) is 0. The lowest BCUT2D eigenvalue weighted by Gasteiger charge is -2.05. The van der Waals surface area contributed by atoms with Gasteiger partial charge in [-0.15, -0.1) is 0 Å². The van der Waals surface area contributed by atoms with Gasteiger partial charge < -0.3 is 5.11 Å². The van der Waals surface area contributed by atoms with Gasteiger partial charge in [-0.05, 0) is 18.6 Å². The van der Waals surface area contributed by atoms with E-state index in [1.165, 1.54) is 24.3 Å². The highest BCUT2D eigenvalue weighted by molar-refractivity contribution is 5.97. The highest BCUT2D eigenvalue weighted by Crippen LogP contribution is 2.22. The van der Waals surface area contributed by atoms with E-state index in [4.69, 9.17) is 5.11 Å². The molecule has 1 aromatic rings. The van der Waals surface area contributed by atoms with E-state index in [0.29, 0.717) is 0 Å². The largest absolute Gasteiger partial charge is 0.478 e. The van der Waals surface area contributed by atoms with Crippen LogP contribution in [0, 0.1) is 0 Å². The van der Waals surface area contributed by atoms with Crippen molar-refractivity contribution in [2.75, 3.05) is 0 Å². The molecule has 3 nitrogen and oxygen atoms in total. The number of carboxylic acid groups (broad SMARTS) is 1. The summed E-state index contributed by atoms with van der Waals surface area (Å²) in [6.07, 6.45) is -5.71. The highest BCUT2D eigenvalue weighted by Gasteiger charge is 2.26. The number of alkyl halides is 3. The average Bonchev–Trinajstić information content (AvgIpc) is 2.27. The van der Waals surface area contributed by atoms with Gasteiger partial charge in [-0.25, -0.2) is 4.79 Å².